The fourth-order valence-electron chi connectivity index (χ4n) is 2.94. The lowest BCUT2D eigenvalue weighted by Gasteiger charge is -2.25. The SMILES string of the molecule is CCC(C)C(NC(=O)C(N)CCC(=O)O)C(=O)NCC(=O)NC(Cc1ccccc1)C(=O)O. The molecule has 0 aliphatic rings. The number of hydrogen-bond acceptors (Lipinski definition) is 6. The zero-order valence-corrected chi connectivity index (χ0v) is 18.7. The number of carboxylic acids is 2. The molecule has 1 aromatic rings. The Morgan fingerprint density at radius 2 is 1.64 bits per heavy atom. The van der Waals surface area contributed by atoms with E-state index in [1.807, 2.05) is 6.92 Å². The molecule has 0 radical (unpaired) electrons. The van der Waals surface area contributed by atoms with Gasteiger partial charge in [-0.1, -0.05) is 50.6 Å². The number of carboxylic acid groups (broad SMARTS) is 2. The Kier molecular flexibility index (Phi) is 11.6. The van der Waals surface area contributed by atoms with Crippen LogP contribution in [0.15, 0.2) is 30.3 Å². The Morgan fingerprint density at radius 3 is 2.18 bits per heavy atom. The Balaban J connectivity index is 2.67. The van der Waals surface area contributed by atoms with Crippen LogP contribution in [0.25, 0.3) is 0 Å². The van der Waals surface area contributed by atoms with Gasteiger partial charge in [0.15, 0.2) is 0 Å². The average molecular weight is 465 g/mol. The van der Waals surface area contributed by atoms with Gasteiger partial charge in [0, 0.05) is 12.8 Å². The molecule has 0 saturated carbocycles. The molecule has 0 saturated heterocycles. The van der Waals surface area contributed by atoms with Crippen LogP contribution in [0.5, 0.6) is 0 Å². The summed E-state index contributed by atoms with van der Waals surface area (Å²) in [7, 11) is 0. The molecule has 0 aliphatic heterocycles. The van der Waals surface area contributed by atoms with Crippen molar-refractivity contribution in [2.75, 3.05) is 6.54 Å². The molecule has 11 heteroatoms. The maximum Gasteiger partial charge on any atom is 0.326 e. The molecule has 4 atom stereocenters. The Morgan fingerprint density at radius 1 is 1.00 bits per heavy atom. The van der Waals surface area contributed by atoms with E-state index >= 15 is 0 Å². The van der Waals surface area contributed by atoms with E-state index in [9.17, 15) is 29.1 Å². The molecular weight excluding hydrogens is 432 g/mol. The number of carbonyl (C=O) groups is 5. The highest BCUT2D eigenvalue weighted by Crippen LogP contribution is 2.09. The molecule has 4 unspecified atom stereocenters. The van der Waals surface area contributed by atoms with Gasteiger partial charge in [-0.15, -0.1) is 0 Å². The second-order valence-corrected chi connectivity index (χ2v) is 7.78. The highest BCUT2D eigenvalue weighted by Gasteiger charge is 2.28. The van der Waals surface area contributed by atoms with Crippen molar-refractivity contribution in [2.24, 2.45) is 11.7 Å². The molecule has 7 N–H and O–H groups in total. The van der Waals surface area contributed by atoms with Gasteiger partial charge in [0.25, 0.3) is 0 Å². The maximum absolute atomic E-state index is 12.6. The molecule has 3 amide bonds. The number of rotatable bonds is 14. The highest BCUT2D eigenvalue weighted by atomic mass is 16.4. The van der Waals surface area contributed by atoms with Crippen molar-refractivity contribution in [3.8, 4) is 0 Å². The van der Waals surface area contributed by atoms with E-state index < -0.39 is 54.3 Å². The molecule has 0 fully saturated rings. The zero-order valence-electron chi connectivity index (χ0n) is 18.7. The minimum atomic E-state index is -1.21. The first-order valence-corrected chi connectivity index (χ1v) is 10.7. The van der Waals surface area contributed by atoms with Gasteiger partial charge < -0.3 is 31.9 Å². The lowest BCUT2D eigenvalue weighted by atomic mass is 9.97. The monoisotopic (exact) mass is 464 g/mol. The van der Waals surface area contributed by atoms with E-state index in [4.69, 9.17) is 10.8 Å². The number of aliphatic carboxylic acids is 2. The summed E-state index contributed by atoms with van der Waals surface area (Å²) in [4.78, 5) is 59.3. The third-order valence-corrected chi connectivity index (χ3v) is 5.14. The molecule has 0 heterocycles. The minimum absolute atomic E-state index is 0.0790. The quantitative estimate of drug-likeness (QED) is 0.215. The molecule has 0 bridgehead atoms. The van der Waals surface area contributed by atoms with E-state index in [0.717, 1.165) is 5.56 Å². The van der Waals surface area contributed by atoms with Crippen molar-refractivity contribution in [2.45, 2.75) is 57.7 Å². The summed E-state index contributed by atoms with van der Waals surface area (Å²) in [6.45, 7) is 3.06. The summed E-state index contributed by atoms with van der Waals surface area (Å²) < 4.78 is 0. The van der Waals surface area contributed by atoms with E-state index in [1.54, 1.807) is 37.3 Å². The predicted molar refractivity (Wildman–Crippen MR) is 119 cm³/mol. The number of amides is 3. The van der Waals surface area contributed by atoms with E-state index in [1.165, 1.54) is 0 Å². The maximum atomic E-state index is 12.6. The Bertz CT molecular complexity index is 831. The van der Waals surface area contributed by atoms with Gasteiger partial charge in [0.1, 0.15) is 12.1 Å². The van der Waals surface area contributed by atoms with Gasteiger partial charge in [-0.25, -0.2) is 4.79 Å². The number of benzene rings is 1. The third-order valence-electron chi connectivity index (χ3n) is 5.14. The summed E-state index contributed by atoms with van der Waals surface area (Å²) in [5.41, 5.74) is 6.43. The van der Waals surface area contributed by atoms with Crippen molar-refractivity contribution in [1.82, 2.24) is 16.0 Å². The number of nitrogens with one attached hydrogen (secondary N) is 3. The van der Waals surface area contributed by atoms with Gasteiger partial charge in [-0.05, 0) is 17.9 Å². The fraction of sp³-hybridized carbons (Fsp3) is 0.500. The normalized spacial score (nSPS) is 14.3. The highest BCUT2D eigenvalue weighted by molar-refractivity contribution is 5.92. The van der Waals surface area contributed by atoms with Gasteiger partial charge in [-0.3, -0.25) is 19.2 Å². The van der Waals surface area contributed by atoms with Crippen molar-refractivity contribution in [1.29, 1.82) is 0 Å². The van der Waals surface area contributed by atoms with Gasteiger partial charge >= 0.3 is 11.9 Å². The molecule has 1 rings (SSSR count). The van der Waals surface area contributed by atoms with Crippen LogP contribution in [0.3, 0.4) is 0 Å². The van der Waals surface area contributed by atoms with Crippen LogP contribution < -0.4 is 21.7 Å². The standard InChI is InChI=1S/C22H32N4O7/c1-3-13(2)19(26-20(30)15(23)9-10-18(28)29)21(31)24-12-17(27)25-16(22(32)33)11-14-7-5-4-6-8-14/h4-8,13,15-16,19H,3,9-12,23H2,1-2H3,(H,24,31)(H,25,27)(H,26,30)(H,28,29)(H,32,33). The first-order chi connectivity index (χ1) is 15.5. The van der Waals surface area contributed by atoms with E-state index in [-0.39, 0.29) is 25.2 Å². The first kappa shape index (κ1) is 27.6. The number of carbonyl (C=O) groups excluding carboxylic acids is 3. The summed E-state index contributed by atoms with van der Waals surface area (Å²) in [6.07, 6.45) is 0.238. The molecule has 182 valence electrons. The summed E-state index contributed by atoms with van der Waals surface area (Å²) >= 11 is 0. The van der Waals surface area contributed by atoms with Crippen LogP contribution in [0, 0.1) is 5.92 Å². The van der Waals surface area contributed by atoms with Crippen LogP contribution in [0.2, 0.25) is 0 Å². The van der Waals surface area contributed by atoms with Crippen molar-refractivity contribution < 1.29 is 34.2 Å². The van der Waals surface area contributed by atoms with Crippen LogP contribution in [-0.4, -0.2) is 64.5 Å². The third kappa shape index (κ3) is 10.1. The van der Waals surface area contributed by atoms with Gasteiger partial charge in [-0.2, -0.15) is 0 Å². The lowest BCUT2D eigenvalue weighted by Crippen LogP contribution is -2.55. The molecule has 11 nitrogen and oxygen atoms in total. The predicted octanol–water partition coefficient (Wildman–Crippen LogP) is -0.362. The summed E-state index contributed by atoms with van der Waals surface area (Å²) in [6, 6.07) is 5.52. The van der Waals surface area contributed by atoms with Crippen LogP contribution >= 0.6 is 0 Å². The molecule has 0 aliphatic carbocycles. The first-order valence-electron chi connectivity index (χ1n) is 10.7. The van der Waals surface area contributed by atoms with Crippen LogP contribution in [-0.2, 0) is 30.4 Å². The second kappa shape index (κ2) is 13.8. The van der Waals surface area contributed by atoms with E-state index in [2.05, 4.69) is 16.0 Å². The summed E-state index contributed by atoms with van der Waals surface area (Å²) in [5, 5.41) is 25.4. The topological polar surface area (TPSA) is 188 Å². The zero-order chi connectivity index (χ0) is 25.0. The molecule has 0 spiro atoms. The van der Waals surface area contributed by atoms with Crippen molar-refractivity contribution in [3.63, 3.8) is 0 Å². The average Bonchev–Trinajstić information content (AvgIpc) is 2.78. The summed E-state index contributed by atoms with van der Waals surface area (Å²) in [5.74, 6) is -4.60. The van der Waals surface area contributed by atoms with Crippen LogP contribution in [0.4, 0.5) is 0 Å². The fourth-order valence-corrected chi connectivity index (χ4v) is 2.94. The van der Waals surface area contributed by atoms with Gasteiger partial charge in [0.05, 0.1) is 12.6 Å². The molecule has 1 aromatic carbocycles. The van der Waals surface area contributed by atoms with Gasteiger partial charge in [0.2, 0.25) is 17.7 Å². The number of hydrogen-bond donors (Lipinski definition) is 6. The van der Waals surface area contributed by atoms with Crippen molar-refractivity contribution >= 4 is 29.7 Å². The van der Waals surface area contributed by atoms with E-state index in [0.29, 0.717) is 6.42 Å². The van der Waals surface area contributed by atoms with Crippen LogP contribution in [0.1, 0.15) is 38.7 Å². The second-order valence-electron chi connectivity index (χ2n) is 7.78. The lowest BCUT2D eigenvalue weighted by molar-refractivity contribution is -0.142. The molecule has 33 heavy (non-hydrogen) atoms. The molecular formula is C22H32N4O7. The number of nitrogens with two attached hydrogens (primary N) is 1. The van der Waals surface area contributed by atoms with Crippen molar-refractivity contribution in [3.05, 3.63) is 35.9 Å². The smallest absolute Gasteiger partial charge is 0.326 e. The largest absolute Gasteiger partial charge is 0.481 e. The Hall–Kier alpha value is -3.47. The Labute approximate surface area is 192 Å². The minimum Gasteiger partial charge on any atom is -0.481 e. The molecule has 0 aromatic heterocycles.